The number of hydrogen-bond donors (Lipinski definition) is 1. The second-order valence-corrected chi connectivity index (χ2v) is 6.81. The van der Waals surface area contributed by atoms with E-state index in [1.807, 2.05) is 75.3 Å². The lowest BCUT2D eigenvalue weighted by Crippen LogP contribution is -2.14. The third-order valence-electron chi connectivity index (χ3n) is 4.29. The maximum Gasteiger partial charge on any atom is 0.247 e. The first-order valence-electron chi connectivity index (χ1n) is 8.89. The maximum absolute atomic E-state index is 12.2. The van der Waals surface area contributed by atoms with Crippen LogP contribution in [0.3, 0.4) is 0 Å². The zero-order valence-corrected chi connectivity index (χ0v) is 16.1. The minimum absolute atomic E-state index is 0.0814. The lowest BCUT2D eigenvalue weighted by Gasteiger charge is -2.16. The van der Waals surface area contributed by atoms with Crippen LogP contribution in [0.25, 0.3) is 11.5 Å². The first-order valence-corrected chi connectivity index (χ1v) is 8.89. The molecular weight excluding hydrogens is 340 g/mol. The smallest absolute Gasteiger partial charge is 0.247 e. The van der Waals surface area contributed by atoms with Gasteiger partial charge in [0.05, 0.1) is 0 Å². The van der Waals surface area contributed by atoms with E-state index in [1.165, 1.54) is 5.56 Å². The van der Waals surface area contributed by atoms with E-state index < -0.39 is 0 Å². The third-order valence-corrected chi connectivity index (χ3v) is 4.29. The summed E-state index contributed by atoms with van der Waals surface area (Å²) in [5.41, 5.74) is 5.07. The standard InChI is InChI=1S/C21H24N4O2/c1-14-5-7-16(8-6-14)21-24-23-20(27-21)12-11-19(26)22-17-9-10-18(25(3)4)15(2)13-17/h5-10,13H,11-12H2,1-4H3,(H,22,26). The highest BCUT2D eigenvalue weighted by Crippen LogP contribution is 2.22. The number of hydrogen-bond acceptors (Lipinski definition) is 5. The average Bonchev–Trinajstić information content (AvgIpc) is 3.09. The van der Waals surface area contributed by atoms with Crippen molar-refractivity contribution in [2.75, 3.05) is 24.3 Å². The molecule has 1 N–H and O–H groups in total. The summed E-state index contributed by atoms with van der Waals surface area (Å²) in [6.45, 7) is 4.05. The Morgan fingerprint density at radius 1 is 1.07 bits per heavy atom. The Balaban J connectivity index is 1.56. The molecule has 3 aromatic rings. The molecule has 0 aliphatic carbocycles. The lowest BCUT2D eigenvalue weighted by atomic mass is 10.1. The van der Waals surface area contributed by atoms with Crippen molar-refractivity contribution in [1.29, 1.82) is 0 Å². The van der Waals surface area contributed by atoms with Crippen molar-refractivity contribution in [1.82, 2.24) is 10.2 Å². The molecule has 1 heterocycles. The predicted octanol–water partition coefficient (Wildman–Crippen LogP) is 3.99. The highest BCUT2D eigenvalue weighted by molar-refractivity contribution is 5.91. The Labute approximate surface area is 159 Å². The Bertz CT molecular complexity index is 930. The van der Waals surface area contributed by atoms with Gasteiger partial charge in [-0.3, -0.25) is 4.79 Å². The fourth-order valence-electron chi connectivity index (χ4n) is 2.85. The van der Waals surface area contributed by atoms with Gasteiger partial charge >= 0.3 is 0 Å². The fraction of sp³-hybridized carbons (Fsp3) is 0.286. The van der Waals surface area contributed by atoms with Gasteiger partial charge in [0, 0.05) is 43.9 Å². The van der Waals surface area contributed by atoms with Gasteiger partial charge in [0.25, 0.3) is 0 Å². The molecule has 0 fully saturated rings. The number of carbonyl (C=O) groups is 1. The van der Waals surface area contributed by atoms with Crippen LogP contribution in [0.15, 0.2) is 46.9 Å². The van der Waals surface area contributed by atoms with Gasteiger partial charge < -0.3 is 14.6 Å². The number of anilines is 2. The van der Waals surface area contributed by atoms with E-state index in [4.69, 9.17) is 4.42 Å². The number of nitrogens with zero attached hydrogens (tertiary/aromatic N) is 3. The fourth-order valence-corrected chi connectivity index (χ4v) is 2.85. The third kappa shape index (κ3) is 4.73. The highest BCUT2D eigenvalue weighted by Gasteiger charge is 2.11. The van der Waals surface area contributed by atoms with E-state index in [0.29, 0.717) is 18.2 Å². The minimum atomic E-state index is -0.0814. The largest absolute Gasteiger partial charge is 0.421 e. The molecule has 0 saturated carbocycles. The summed E-state index contributed by atoms with van der Waals surface area (Å²) in [6, 6.07) is 13.7. The SMILES string of the molecule is Cc1ccc(-c2nnc(CCC(=O)Nc3ccc(N(C)C)c(C)c3)o2)cc1. The summed E-state index contributed by atoms with van der Waals surface area (Å²) in [6.07, 6.45) is 0.684. The van der Waals surface area contributed by atoms with Crippen molar-refractivity contribution in [3.63, 3.8) is 0 Å². The van der Waals surface area contributed by atoms with Crippen molar-refractivity contribution in [2.45, 2.75) is 26.7 Å². The maximum atomic E-state index is 12.2. The zero-order valence-electron chi connectivity index (χ0n) is 16.1. The van der Waals surface area contributed by atoms with Crippen LogP contribution in [0.1, 0.15) is 23.4 Å². The van der Waals surface area contributed by atoms with E-state index >= 15 is 0 Å². The van der Waals surface area contributed by atoms with E-state index in [1.54, 1.807) is 0 Å². The van der Waals surface area contributed by atoms with Crippen LogP contribution in [0, 0.1) is 13.8 Å². The molecule has 0 aliphatic rings. The molecule has 27 heavy (non-hydrogen) atoms. The van der Waals surface area contributed by atoms with E-state index in [2.05, 4.69) is 15.5 Å². The summed E-state index contributed by atoms with van der Waals surface area (Å²) in [7, 11) is 3.99. The van der Waals surface area contributed by atoms with Crippen molar-refractivity contribution in [3.8, 4) is 11.5 Å². The average molecular weight is 364 g/mol. The molecule has 140 valence electrons. The van der Waals surface area contributed by atoms with Gasteiger partial charge in [0.1, 0.15) is 0 Å². The van der Waals surface area contributed by atoms with Crippen molar-refractivity contribution in [2.24, 2.45) is 0 Å². The van der Waals surface area contributed by atoms with Gasteiger partial charge in [0.2, 0.25) is 17.7 Å². The van der Waals surface area contributed by atoms with Gasteiger partial charge in [-0.15, -0.1) is 10.2 Å². The van der Waals surface area contributed by atoms with Crippen molar-refractivity contribution in [3.05, 3.63) is 59.5 Å². The number of carbonyl (C=O) groups excluding carboxylic acids is 1. The molecule has 0 unspecified atom stereocenters. The van der Waals surface area contributed by atoms with E-state index in [0.717, 1.165) is 22.5 Å². The molecule has 1 amide bonds. The molecule has 6 heteroatoms. The number of amides is 1. The van der Waals surface area contributed by atoms with Crippen LogP contribution in [-0.2, 0) is 11.2 Å². The molecule has 0 saturated heterocycles. The van der Waals surface area contributed by atoms with Gasteiger partial charge in [-0.2, -0.15) is 0 Å². The number of benzene rings is 2. The molecule has 2 aromatic carbocycles. The summed E-state index contributed by atoms with van der Waals surface area (Å²) < 4.78 is 5.66. The Morgan fingerprint density at radius 3 is 2.48 bits per heavy atom. The number of aromatic nitrogens is 2. The molecule has 0 atom stereocenters. The molecule has 0 bridgehead atoms. The Kier molecular flexibility index (Phi) is 5.54. The Hall–Kier alpha value is -3.15. The summed E-state index contributed by atoms with van der Waals surface area (Å²) in [5, 5.41) is 11.0. The Morgan fingerprint density at radius 2 is 1.81 bits per heavy atom. The molecule has 0 spiro atoms. The minimum Gasteiger partial charge on any atom is -0.421 e. The highest BCUT2D eigenvalue weighted by atomic mass is 16.4. The van der Waals surface area contributed by atoms with Crippen LogP contribution in [0.4, 0.5) is 11.4 Å². The van der Waals surface area contributed by atoms with Crippen LogP contribution >= 0.6 is 0 Å². The number of aryl methyl sites for hydroxylation is 3. The van der Waals surface area contributed by atoms with Gasteiger partial charge in [-0.05, 0) is 49.7 Å². The lowest BCUT2D eigenvalue weighted by molar-refractivity contribution is -0.116. The van der Waals surface area contributed by atoms with Crippen molar-refractivity contribution >= 4 is 17.3 Å². The molecule has 3 rings (SSSR count). The predicted molar refractivity (Wildman–Crippen MR) is 107 cm³/mol. The molecule has 6 nitrogen and oxygen atoms in total. The summed E-state index contributed by atoms with van der Waals surface area (Å²) in [5.74, 6) is 0.849. The number of rotatable bonds is 6. The van der Waals surface area contributed by atoms with Gasteiger partial charge in [-0.25, -0.2) is 0 Å². The monoisotopic (exact) mass is 364 g/mol. The van der Waals surface area contributed by atoms with Gasteiger partial charge in [-0.1, -0.05) is 17.7 Å². The second kappa shape index (κ2) is 8.03. The summed E-state index contributed by atoms with van der Waals surface area (Å²) in [4.78, 5) is 14.3. The molecular formula is C21H24N4O2. The second-order valence-electron chi connectivity index (χ2n) is 6.81. The zero-order chi connectivity index (χ0) is 19.4. The quantitative estimate of drug-likeness (QED) is 0.716. The normalized spacial score (nSPS) is 10.7. The number of nitrogens with one attached hydrogen (secondary N) is 1. The van der Waals surface area contributed by atoms with E-state index in [9.17, 15) is 4.79 Å². The van der Waals surface area contributed by atoms with Crippen LogP contribution in [-0.4, -0.2) is 30.2 Å². The van der Waals surface area contributed by atoms with Crippen LogP contribution < -0.4 is 10.2 Å². The first-order chi connectivity index (χ1) is 12.9. The molecule has 1 aromatic heterocycles. The van der Waals surface area contributed by atoms with Crippen LogP contribution in [0.2, 0.25) is 0 Å². The van der Waals surface area contributed by atoms with E-state index in [-0.39, 0.29) is 12.3 Å². The molecule has 0 aliphatic heterocycles. The molecule has 0 radical (unpaired) electrons. The van der Waals surface area contributed by atoms with Gasteiger partial charge in [0.15, 0.2) is 0 Å². The topological polar surface area (TPSA) is 71.3 Å². The van der Waals surface area contributed by atoms with Crippen molar-refractivity contribution < 1.29 is 9.21 Å². The van der Waals surface area contributed by atoms with Crippen LogP contribution in [0.5, 0.6) is 0 Å². The summed E-state index contributed by atoms with van der Waals surface area (Å²) >= 11 is 0. The first kappa shape index (κ1) is 18.6.